The molecule has 0 N–H and O–H groups in total. The van der Waals surface area contributed by atoms with Gasteiger partial charge in [0.2, 0.25) is 0 Å². The van der Waals surface area contributed by atoms with Gasteiger partial charge in [0.25, 0.3) is 5.91 Å². The largest absolute Gasteiger partial charge is 0.493 e. The smallest absolute Gasteiger partial charge is 0.280 e. The Hall–Kier alpha value is -2.73. The van der Waals surface area contributed by atoms with Gasteiger partial charge in [-0.05, 0) is 42.5 Å². The number of hydrogen-bond donors (Lipinski definition) is 0. The molecule has 0 radical (unpaired) electrons. The fraction of sp³-hybridized carbons (Fsp3) is 0.263. The first-order valence-corrected chi connectivity index (χ1v) is 8.47. The second-order valence-corrected chi connectivity index (χ2v) is 6.06. The number of carbonyl (C=O) groups excluding carboxylic acids is 1. The molecule has 136 valence electrons. The van der Waals surface area contributed by atoms with Crippen molar-refractivity contribution < 1.29 is 19.0 Å². The van der Waals surface area contributed by atoms with Crippen molar-refractivity contribution in [3.63, 3.8) is 0 Å². The van der Waals surface area contributed by atoms with Crippen LogP contribution in [-0.2, 0) is 4.79 Å². The number of nitrogens with zero attached hydrogens (tertiary/aromatic N) is 2. The van der Waals surface area contributed by atoms with Gasteiger partial charge in [-0.15, -0.1) is 0 Å². The Morgan fingerprint density at radius 1 is 1.12 bits per heavy atom. The van der Waals surface area contributed by atoms with Crippen molar-refractivity contribution in [1.82, 2.24) is 5.01 Å². The lowest BCUT2D eigenvalue weighted by Gasteiger charge is -2.12. The number of hydrazone groups is 1. The molecule has 2 aromatic carbocycles. The SMILES string of the molecule is COc1ccc(C2=NN(C(=O)COc3ccc(Cl)cc3)CC2)cc1OC. The summed E-state index contributed by atoms with van der Waals surface area (Å²) >= 11 is 5.83. The van der Waals surface area contributed by atoms with Crippen LogP contribution in [0, 0.1) is 0 Å². The van der Waals surface area contributed by atoms with Gasteiger partial charge in [0, 0.05) is 17.0 Å². The van der Waals surface area contributed by atoms with Gasteiger partial charge in [-0.2, -0.15) is 5.10 Å². The summed E-state index contributed by atoms with van der Waals surface area (Å²) in [7, 11) is 3.17. The molecule has 3 rings (SSSR count). The van der Waals surface area contributed by atoms with Gasteiger partial charge in [0.15, 0.2) is 18.1 Å². The topological polar surface area (TPSA) is 60.4 Å². The molecule has 6 nitrogen and oxygen atoms in total. The van der Waals surface area contributed by atoms with Crippen LogP contribution in [0.3, 0.4) is 0 Å². The van der Waals surface area contributed by atoms with Crippen LogP contribution in [0.5, 0.6) is 17.2 Å². The number of ether oxygens (including phenoxy) is 3. The van der Waals surface area contributed by atoms with Crippen LogP contribution in [0.4, 0.5) is 0 Å². The number of carbonyl (C=O) groups is 1. The van der Waals surface area contributed by atoms with E-state index in [1.807, 2.05) is 18.2 Å². The Kier molecular flexibility index (Phi) is 5.63. The van der Waals surface area contributed by atoms with Gasteiger partial charge < -0.3 is 14.2 Å². The molecule has 0 saturated carbocycles. The first kappa shape index (κ1) is 18.1. The van der Waals surface area contributed by atoms with Crippen molar-refractivity contribution in [3.8, 4) is 17.2 Å². The summed E-state index contributed by atoms with van der Waals surface area (Å²) in [6.45, 7) is 0.441. The van der Waals surface area contributed by atoms with E-state index >= 15 is 0 Å². The van der Waals surface area contributed by atoms with E-state index in [1.54, 1.807) is 38.5 Å². The van der Waals surface area contributed by atoms with E-state index in [4.69, 9.17) is 25.8 Å². The fourth-order valence-corrected chi connectivity index (χ4v) is 2.73. The number of hydrogen-bond acceptors (Lipinski definition) is 5. The predicted molar refractivity (Wildman–Crippen MR) is 99.4 cm³/mol. The van der Waals surface area contributed by atoms with Gasteiger partial charge in [0.1, 0.15) is 5.75 Å². The standard InChI is InChI=1S/C19H19ClN2O4/c1-24-17-8-3-13(11-18(17)25-2)16-9-10-22(21-16)19(23)12-26-15-6-4-14(20)5-7-15/h3-8,11H,9-10,12H2,1-2H3. The molecular weight excluding hydrogens is 356 g/mol. The Morgan fingerprint density at radius 3 is 2.54 bits per heavy atom. The van der Waals surface area contributed by atoms with Crippen LogP contribution in [-0.4, -0.2) is 44.0 Å². The second-order valence-electron chi connectivity index (χ2n) is 5.63. The van der Waals surface area contributed by atoms with E-state index in [2.05, 4.69) is 5.10 Å². The van der Waals surface area contributed by atoms with Gasteiger partial charge >= 0.3 is 0 Å². The van der Waals surface area contributed by atoms with Gasteiger partial charge in [-0.1, -0.05) is 11.6 Å². The molecule has 0 unspecified atom stereocenters. The minimum Gasteiger partial charge on any atom is -0.493 e. The third kappa shape index (κ3) is 4.08. The van der Waals surface area contributed by atoms with Gasteiger partial charge in [-0.3, -0.25) is 4.79 Å². The third-order valence-electron chi connectivity index (χ3n) is 3.98. The summed E-state index contributed by atoms with van der Waals surface area (Å²) < 4.78 is 16.0. The average Bonchev–Trinajstić information content (AvgIpc) is 3.17. The van der Waals surface area contributed by atoms with Gasteiger partial charge in [0.05, 0.1) is 26.5 Å². The van der Waals surface area contributed by atoms with Crippen molar-refractivity contribution in [3.05, 3.63) is 53.1 Å². The van der Waals surface area contributed by atoms with E-state index in [-0.39, 0.29) is 12.5 Å². The molecule has 0 spiro atoms. The average molecular weight is 375 g/mol. The van der Waals surface area contributed by atoms with Crippen LogP contribution < -0.4 is 14.2 Å². The zero-order valence-electron chi connectivity index (χ0n) is 14.6. The summed E-state index contributed by atoms with van der Waals surface area (Å²) in [6.07, 6.45) is 0.669. The predicted octanol–water partition coefficient (Wildman–Crippen LogP) is 3.37. The number of amides is 1. The molecule has 2 aromatic rings. The summed E-state index contributed by atoms with van der Waals surface area (Å²) in [5.41, 5.74) is 1.72. The molecular formula is C19H19ClN2O4. The highest BCUT2D eigenvalue weighted by molar-refractivity contribution is 6.30. The van der Waals surface area contributed by atoms with Crippen molar-refractivity contribution >= 4 is 23.2 Å². The fourth-order valence-electron chi connectivity index (χ4n) is 2.61. The first-order chi connectivity index (χ1) is 12.6. The first-order valence-electron chi connectivity index (χ1n) is 8.09. The molecule has 1 aliphatic rings. The molecule has 1 aliphatic heterocycles. The maximum Gasteiger partial charge on any atom is 0.280 e. The number of benzene rings is 2. The molecule has 26 heavy (non-hydrogen) atoms. The minimum absolute atomic E-state index is 0.0790. The second kappa shape index (κ2) is 8.10. The number of halogens is 1. The Balaban J connectivity index is 1.65. The molecule has 0 aromatic heterocycles. The maximum absolute atomic E-state index is 12.3. The van der Waals surface area contributed by atoms with Crippen molar-refractivity contribution in [2.45, 2.75) is 6.42 Å². The van der Waals surface area contributed by atoms with E-state index in [1.165, 1.54) is 5.01 Å². The van der Waals surface area contributed by atoms with E-state index in [0.717, 1.165) is 11.3 Å². The monoisotopic (exact) mass is 374 g/mol. The lowest BCUT2D eigenvalue weighted by Crippen LogP contribution is -2.28. The molecule has 0 fully saturated rings. The highest BCUT2D eigenvalue weighted by Crippen LogP contribution is 2.29. The highest BCUT2D eigenvalue weighted by atomic mass is 35.5. The molecule has 0 aliphatic carbocycles. The molecule has 1 heterocycles. The molecule has 0 atom stereocenters. The normalized spacial score (nSPS) is 13.3. The minimum atomic E-state index is -0.199. The van der Waals surface area contributed by atoms with Crippen LogP contribution in [0.1, 0.15) is 12.0 Å². The molecule has 0 saturated heterocycles. The van der Waals surface area contributed by atoms with Crippen molar-refractivity contribution in [2.75, 3.05) is 27.4 Å². The summed E-state index contributed by atoms with van der Waals surface area (Å²) in [4.78, 5) is 12.3. The zero-order valence-corrected chi connectivity index (χ0v) is 15.3. The number of methoxy groups -OCH3 is 2. The quantitative estimate of drug-likeness (QED) is 0.777. The number of rotatable bonds is 6. The van der Waals surface area contributed by atoms with E-state index in [0.29, 0.717) is 35.2 Å². The zero-order chi connectivity index (χ0) is 18.5. The summed E-state index contributed by atoms with van der Waals surface area (Å²) in [5.74, 6) is 1.67. The van der Waals surface area contributed by atoms with Crippen LogP contribution >= 0.6 is 11.6 Å². The van der Waals surface area contributed by atoms with Crippen LogP contribution in [0.15, 0.2) is 47.6 Å². The lowest BCUT2D eigenvalue weighted by molar-refractivity contribution is -0.132. The van der Waals surface area contributed by atoms with Crippen molar-refractivity contribution in [2.24, 2.45) is 5.10 Å². The summed E-state index contributed by atoms with van der Waals surface area (Å²) in [5, 5.41) is 6.47. The van der Waals surface area contributed by atoms with Gasteiger partial charge in [-0.25, -0.2) is 5.01 Å². The molecule has 7 heteroatoms. The highest BCUT2D eigenvalue weighted by Gasteiger charge is 2.22. The Labute approximate surface area is 156 Å². The molecule has 1 amide bonds. The van der Waals surface area contributed by atoms with Crippen LogP contribution in [0.2, 0.25) is 5.02 Å². The third-order valence-corrected chi connectivity index (χ3v) is 4.23. The van der Waals surface area contributed by atoms with E-state index in [9.17, 15) is 4.79 Å². The summed E-state index contributed by atoms with van der Waals surface area (Å²) in [6, 6.07) is 12.4. The Morgan fingerprint density at radius 2 is 1.85 bits per heavy atom. The van der Waals surface area contributed by atoms with Crippen molar-refractivity contribution in [1.29, 1.82) is 0 Å². The molecule has 0 bridgehead atoms. The van der Waals surface area contributed by atoms with E-state index < -0.39 is 0 Å². The lowest BCUT2D eigenvalue weighted by atomic mass is 10.1. The van der Waals surface area contributed by atoms with Crippen LogP contribution in [0.25, 0.3) is 0 Å². The maximum atomic E-state index is 12.3. The Bertz CT molecular complexity index is 821.